The van der Waals surface area contributed by atoms with Gasteiger partial charge in [0.1, 0.15) is 0 Å². The van der Waals surface area contributed by atoms with Gasteiger partial charge in [0.2, 0.25) is 0 Å². The molecule has 3 heteroatoms. The second-order valence-electron chi connectivity index (χ2n) is 2.90. The third-order valence-corrected chi connectivity index (χ3v) is 2.46. The number of hydrogen-bond acceptors (Lipinski definition) is 3. The van der Waals surface area contributed by atoms with Crippen molar-refractivity contribution in [1.29, 1.82) is 0 Å². The van der Waals surface area contributed by atoms with Gasteiger partial charge in [-0.1, -0.05) is 0 Å². The van der Waals surface area contributed by atoms with Gasteiger partial charge in [0.25, 0.3) is 0 Å². The van der Waals surface area contributed by atoms with E-state index >= 15 is 0 Å². The highest BCUT2D eigenvalue weighted by Gasteiger charge is 1.90. The van der Waals surface area contributed by atoms with Crippen LogP contribution in [0.15, 0.2) is 24.3 Å². The van der Waals surface area contributed by atoms with Crippen molar-refractivity contribution in [2.75, 3.05) is 29.6 Å². The molecule has 0 saturated carbocycles. The fraction of sp³-hybridized carbons (Fsp3) is 0.400. The van der Waals surface area contributed by atoms with Gasteiger partial charge < -0.3 is 11.1 Å². The predicted octanol–water partition coefficient (Wildman–Crippen LogP) is 2.43. The van der Waals surface area contributed by atoms with Crippen molar-refractivity contribution in [2.45, 2.75) is 6.42 Å². The minimum absolute atomic E-state index is 0.815. The van der Waals surface area contributed by atoms with Gasteiger partial charge in [0, 0.05) is 17.9 Å². The minimum atomic E-state index is 0.815. The summed E-state index contributed by atoms with van der Waals surface area (Å²) < 4.78 is 0. The molecule has 0 atom stereocenters. The molecule has 0 bridgehead atoms. The zero-order chi connectivity index (χ0) is 9.52. The Labute approximate surface area is 83.9 Å². The lowest BCUT2D eigenvalue weighted by Gasteiger charge is -2.05. The van der Waals surface area contributed by atoms with Crippen molar-refractivity contribution >= 4 is 23.1 Å². The number of nitrogens with two attached hydrogens (primary N) is 1. The van der Waals surface area contributed by atoms with E-state index < -0.39 is 0 Å². The first kappa shape index (κ1) is 10.3. The molecule has 0 spiro atoms. The molecule has 72 valence electrons. The van der Waals surface area contributed by atoms with Crippen LogP contribution in [0, 0.1) is 0 Å². The molecule has 0 aliphatic carbocycles. The average molecular weight is 196 g/mol. The quantitative estimate of drug-likeness (QED) is 0.561. The normalized spacial score (nSPS) is 9.92. The van der Waals surface area contributed by atoms with E-state index in [1.165, 1.54) is 12.2 Å². The summed E-state index contributed by atoms with van der Waals surface area (Å²) in [5.41, 5.74) is 7.53. The lowest BCUT2D eigenvalue weighted by molar-refractivity contribution is 0.993. The van der Waals surface area contributed by atoms with Crippen LogP contribution in [0.1, 0.15) is 6.42 Å². The van der Waals surface area contributed by atoms with E-state index in [1.807, 2.05) is 36.0 Å². The van der Waals surface area contributed by atoms with Crippen LogP contribution >= 0.6 is 11.8 Å². The van der Waals surface area contributed by atoms with Gasteiger partial charge in [-0.05, 0) is 42.7 Å². The Morgan fingerprint density at radius 1 is 1.31 bits per heavy atom. The van der Waals surface area contributed by atoms with Crippen LogP contribution in [0.3, 0.4) is 0 Å². The van der Waals surface area contributed by atoms with Crippen molar-refractivity contribution in [3.8, 4) is 0 Å². The molecular weight excluding hydrogens is 180 g/mol. The third-order valence-electron chi connectivity index (χ3n) is 1.77. The largest absolute Gasteiger partial charge is 0.399 e. The zero-order valence-electron chi connectivity index (χ0n) is 7.92. The van der Waals surface area contributed by atoms with Gasteiger partial charge in [0.15, 0.2) is 0 Å². The molecule has 0 heterocycles. The van der Waals surface area contributed by atoms with Crippen LogP contribution in [-0.2, 0) is 0 Å². The van der Waals surface area contributed by atoms with E-state index in [9.17, 15) is 0 Å². The van der Waals surface area contributed by atoms with E-state index in [1.54, 1.807) is 0 Å². The standard InChI is InChI=1S/C10H16N2S/c1-13-8-2-7-12-10-5-3-9(11)4-6-10/h3-6,12H,2,7-8,11H2,1H3. The monoisotopic (exact) mass is 196 g/mol. The Morgan fingerprint density at radius 3 is 2.62 bits per heavy atom. The maximum absolute atomic E-state index is 5.57. The molecule has 0 saturated heterocycles. The number of benzene rings is 1. The molecule has 2 nitrogen and oxygen atoms in total. The topological polar surface area (TPSA) is 38.0 Å². The van der Waals surface area contributed by atoms with E-state index in [-0.39, 0.29) is 0 Å². The second-order valence-corrected chi connectivity index (χ2v) is 3.88. The van der Waals surface area contributed by atoms with Crippen molar-refractivity contribution in [3.63, 3.8) is 0 Å². The summed E-state index contributed by atoms with van der Waals surface area (Å²) in [7, 11) is 0. The van der Waals surface area contributed by atoms with E-state index in [0.717, 1.165) is 17.9 Å². The molecule has 1 rings (SSSR count). The maximum Gasteiger partial charge on any atom is 0.0341 e. The van der Waals surface area contributed by atoms with Crippen LogP contribution in [0.25, 0.3) is 0 Å². The lowest BCUT2D eigenvalue weighted by Crippen LogP contribution is -2.02. The molecule has 0 amide bonds. The van der Waals surface area contributed by atoms with Crippen LogP contribution in [-0.4, -0.2) is 18.6 Å². The van der Waals surface area contributed by atoms with Crippen molar-refractivity contribution in [3.05, 3.63) is 24.3 Å². The first-order valence-electron chi connectivity index (χ1n) is 4.41. The Kier molecular flexibility index (Phi) is 4.54. The first-order chi connectivity index (χ1) is 6.33. The Hall–Kier alpha value is -0.830. The molecule has 0 unspecified atom stereocenters. The highest BCUT2D eigenvalue weighted by atomic mass is 32.2. The summed E-state index contributed by atoms with van der Waals surface area (Å²) in [5.74, 6) is 1.21. The molecule has 0 aliphatic heterocycles. The van der Waals surface area contributed by atoms with Crippen LogP contribution in [0.4, 0.5) is 11.4 Å². The van der Waals surface area contributed by atoms with Crippen LogP contribution < -0.4 is 11.1 Å². The zero-order valence-corrected chi connectivity index (χ0v) is 8.73. The fourth-order valence-corrected chi connectivity index (χ4v) is 1.48. The van der Waals surface area contributed by atoms with Gasteiger partial charge >= 0.3 is 0 Å². The highest BCUT2D eigenvalue weighted by molar-refractivity contribution is 7.98. The third kappa shape index (κ3) is 4.08. The number of nitrogens with one attached hydrogen (secondary N) is 1. The maximum atomic E-state index is 5.57. The molecular formula is C10H16N2S. The number of hydrogen-bond donors (Lipinski definition) is 2. The molecule has 3 N–H and O–H groups in total. The molecule has 13 heavy (non-hydrogen) atoms. The molecule has 1 aromatic rings. The number of nitrogen functional groups attached to an aromatic ring is 1. The highest BCUT2D eigenvalue weighted by Crippen LogP contribution is 2.10. The Bertz CT molecular complexity index is 233. The predicted molar refractivity (Wildman–Crippen MR) is 62.3 cm³/mol. The van der Waals surface area contributed by atoms with Gasteiger partial charge in [-0.2, -0.15) is 11.8 Å². The first-order valence-corrected chi connectivity index (χ1v) is 5.80. The summed E-state index contributed by atoms with van der Waals surface area (Å²) in [6, 6.07) is 7.84. The SMILES string of the molecule is CSCCCNc1ccc(N)cc1. The number of anilines is 2. The van der Waals surface area contributed by atoms with Gasteiger partial charge in [0.05, 0.1) is 0 Å². The van der Waals surface area contributed by atoms with Gasteiger partial charge in [-0.15, -0.1) is 0 Å². The molecule has 0 aromatic heterocycles. The minimum Gasteiger partial charge on any atom is -0.399 e. The van der Waals surface area contributed by atoms with E-state index in [4.69, 9.17) is 5.73 Å². The average Bonchev–Trinajstić information content (AvgIpc) is 2.15. The number of rotatable bonds is 5. The van der Waals surface area contributed by atoms with E-state index in [2.05, 4.69) is 11.6 Å². The number of thioether (sulfide) groups is 1. The second kappa shape index (κ2) is 5.75. The van der Waals surface area contributed by atoms with E-state index in [0.29, 0.717) is 0 Å². The molecule has 0 aliphatic rings. The molecule has 0 fully saturated rings. The van der Waals surface area contributed by atoms with Gasteiger partial charge in [-0.25, -0.2) is 0 Å². The summed E-state index contributed by atoms with van der Waals surface area (Å²) >= 11 is 1.88. The summed E-state index contributed by atoms with van der Waals surface area (Å²) in [6.07, 6.45) is 3.33. The Morgan fingerprint density at radius 2 is 2.00 bits per heavy atom. The summed E-state index contributed by atoms with van der Waals surface area (Å²) in [6.45, 7) is 1.03. The summed E-state index contributed by atoms with van der Waals surface area (Å²) in [5, 5.41) is 3.34. The molecule has 1 aromatic carbocycles. The van der Waals surface area contributed by atoms with Gasteiger partial charge in [-0.3, -0.25) is 0 Å². The lowest BCUT2D eigenvalue weighted by atomic mass is 10.3. The van der Waals surface area contributed by atoms with Crippen molar-refractivity contribution in [1.82, 2.24) is 0 Å². The van der Waals surface area contributed by atoms with Crippen LogP contribution in [0.5, 0.6) is 0 Å². The summed E-state index contributed by atoms with van der Waals surface area (Å²) in [4.78, 5) is 0. The Balaban J connectivity index is 2.25. The van der Waals surface area contributed by atoms with Crippen molar-refractivity contribution in [2.24, 2.45) is 0 Å². The fourth-order valence-electron chi connectivity index (χ4n) is 1.05. The van der Waals surface area contributed by atoms with Crippen LogP contribution in [0.2, 0.25) is 0 Å². The smallest absolute Gasteiger partial charge is 0.0341 e. The van der Waals surface area contributed by atoms with Crippen molar-refractivity contribution < 1.29 is 0 Å². The molecule has 0 radical (unpaired) electrons.